The van der Waals surface area contributed by atoms with Crippen molar-refractivity contribution < 1.29 is 18.0 Å². The lowest BCUT2D eigenvalue weighted by atomic mass is 10.2. The summed E-state index contributed by atoms with van der Waals surface area (Å²) in [7, 11) is -3.67. The van der Waals surface area contributed by atoms with Gasteiger partial charge in [-0.1, -0.05) is 17.3 Å². The highest BCUT2D eigenvalue weighted by molar-refractivity contribution is 7.89. The maximum absolute atomic E-state index is 11.0. The minimum absolute atomic E-state index is 0.0356. The lowest BCUT2D eigenvalue weighted by Gasteiger charge is -2.01. The minimum atomic E-state index is -3.67. The van der Waals surface area contributed by atoms with Crippen LogP contribution in [0.25, 0.3) is 0 Å². The average Bonchev–Trinajstić information content (AvgIpc) is 2.23. The molecule has 0 aliphatic rings. The molecular weight excluding hydrogens is 244 g/mol. The number of nitrogens with zero attached hydrogens (tertiary/aromatic N) is 1. The van der Waals surface area contributed by atoms with Gasteiger partial charge in [0.05, 0.1) is 4.90 Å². The van der Waals surface area contributed by atoms with Gasteiger partial charge in [-0.25, -0.2) is 13.6 Å². The van der Waals surface area contributed by atoms with E-state index >= 15 is 0 Å². The molecule has 0 bridgehead atoms. The largest absolute Gasteiger partial charge is 0.391 e. The third-order valence-electron chi connectivity index (χ3n) is 1.79. The summed E-state index contributed by atoms with van der Waals surface area (Å²) in [5, 5.41) is 8.36. The zero-order chi connectivity index (χ0) is 12.9. The first kappa shape index (κ1) is 13.3. The van der Waals surface area contributed by atoms with E-state index in [0.717, 1.165) is 11.8 Å². The quantitative estimate of drug-likeness (QED) is 0.609. The van der Waals surface area contributed by atoms with Crippen molar-refractivity contribution in [1.29, 1.82) is 0 Å². The van der Waals surface area contributed by atoms with Crippen LogP contribution in [0.4, 0.5) is 0 Å². The summed E-state index contributed by atoms with van der Waals surface area (Å²) in [5.74, 6) is -0.213. The van der Waals surface area contributed by atoms with E-state index in [1.54, 1.807) is 12.1 Å². The summed E-state index contributed by atoms with van der Waals surface area (Å²) >= 11 is 0. The van der Waals surface area contributed by atoms with E-state index in [0.29, 0.717) is 0 Å². The van der Waals surface area contributed by atoms with Crippen molar-refractivity contribution >= 4 is 22.0 Å². The van der Waals surface area contributed by atoms with E-state index in [4.69, 9.17) is 9.98 Å². The molecule has 0 saturated carbocycles. The molecule has 0 radical (unpaired) electrons. The molecule has 0 fully saturated rings. The minimum Gasteiger partial charge on any atom is -0.391 e. The predicted molar refractivity (Wildman–Crippen MR) is 61.8 cm³/mol. The van der Waals surface area contributed by atoms with Gasteiger partial charge in [-0.3, -0.25) is 4.79 Å². The van der Waals surface area contributed by atoms with Crippen LogP contribution in [0, 0.1) is 0 Å². The highest BCUT2D eigenvalue weighted by atomic mass is 32.2. The summed E-state index contributed by atoms with van der Waals surface area (Å²) < 4.78 is 21.9. The van der Waals surface area contributed by atoms with Gasteiger partial charge in [0.2, 0.25) is 10.0 Å². The molecule has 0 spiro atoms. The van der Waals surface area contributed by atoms with Crippen molar-refractivity contribution in [3.8, 4) is 0 Å². The Balaban J connectivity index is 2.61. The molecule has 1 aromatic rings. The van der Waals surface area contributed by atoms with Crippen molar-refractivity contribution in [3.63, 3.8) is 0 Å². The monoisotopic (exact) mass is 256 g/mol. The lowest BCUT2D eigenvalue weighted by Crippen LogP contribution is -2.11. The smallest absolute Gasteiger partial charge is 0.238 e. The fourth-order valence-corrected chi connectivity index (χ4v) is 1.51. The van der Waals surface area contributed by atoms with Gasteiger partial charge in [0, 0.05) is 6.92 Å². The summed E-state index contributed by atoms with van der Waals surface area (Å²) in [4.78, 5) is 15.4. The molecule has 1 aromatic carbocycles. The first-order valence-corrected chi connectivity index (χ1v) is 6.22. The summed E-state index contributed by atoms with van der Waals surface area (Å²) in [6.45, 7) is 1.50. The van der Waals surface area contributed by atoms with E-state index < -0.39 is 10.0 Å². The van der Waals surface area contributed by atoms with Gasteiger partial charge in [0.25, 0.3) is 0 Å². The molecule has 1 rings (SSSR count). The topological polar surface area (TPSA) is 98.8 Å². The number of carbonyl (C=O) groups excluding carboxylic acids is 1. The summed E-state index contributed by atoms with van der Waals surface area (Å²) in [6, 6.07) is 5.87. The first-order chi connectivity index (χ1) is 7.89. The molecule has 0 amide bonds. The van der Waals surface area contributed by atoms with E-state index in [1.165, 1.54) is 19.1 Å². The third-order valence-corrected chi connectivity index (χ3v) is 2.72. The van der Waals surface area contributed by atoms with Crippen LogP contribution in [0.1, 0.15) is 12.5 Å². The van der Waals surface area contributed by atoms with Crippen molar-refractivity contribution in [2.24, 2.45) is 10.3 Å². The molecule has 2 N–H and O–H groups in total. The van der Waals surface area contributed by atoms with Crippen LogP contribution in [-0.2, 0) is 26.3 Å². The second-order valence-electron chi connectivity index (χ2n) is 3.31. The molecule has 6 nitrogen and oxygen atoms in total. The molecule has 0 atom stereocenters. The third kappa shape index (κ3) is 4.75. The number of benzene rings is 1. The number of ketones is 1. The molecule has 0 aromatic heterocycles. The fraction of sp³-hybridized carbons (Fsp3) is 0.200. The van der Waals surface area contributed by atoms with Crippen molar-refractivity contribution in [2.45, 2.75) is 18.4 Å². The fourth-order valence-electron chi connectivity index (χ4n) is 0.999. The first-order valence-electron chi connectivity index (χ1n) is 4.67. The number of hydrogen-bond donors (Lipinski definition) is 1. The van der Waals surface area contributed by atoms with Gasteiger partial charge >= 0.3 is 0 Å². The maximum atomic E-state index is 11.0. The Hall–Kier alpha value is -1.73. The zero-order valence-corrected chi connectivity index (χ0v) is 9.98. The molecular formula is C10H12N2O4S. The Bertz CT molecular complexity index is 520. The SMILES string of the molecule is CC(=O)/C=N/OCc1ccc(S(N)(=O)=O)cc1. The van der Waals surface area contributed by atoms with Crippen LogP contribution in [0.5, 0.6) is 0 Å². The highest BCUT2D eigenvalue weighted by Crippen LogP contribution is 2.09. The Morgan fingerprint density at radius 2 is 2.00 bits per heavy atom. The average molecular weight is 256 g/mol. The van der Waals surface area contributed by atoms with Crippen molar-refractivity contribution in [2.75, 3.05) is 0 Å². The van der Waals surface area contributed by atoms with Crippen LogP contribution in [0.15, 0.2) is 34.3 Å². The van der Waals surface area contributed by atoms with E-state index in [1.807, 2.05) is 0 Å². The predicted octanol–water partition coefficient (Wildman–Crippen LogP) is 0.425. The number of primary sulfonamides is 1. The number of Topliss-reactive ketones (excluding diaryl/α,β-unsaturated/α-hetero) is 1. The van der Waals surface area contributed by atoms with Gasteiger partial charge in [-0.2, -0.15) is 0 Å². The standard InChI is InChI=1S/C10H12N2O4S/c1-8(13)6-12-16-7-9-2-4-10(5-3-9)17(11,14)15/h2-6H,7H2,1H3,(H2,11,14,15)/b12-6+. The van der Waals surface area contributed by atoms with E-state index in [9.17, 15) is 13.2 Å². The molecule has 0 aliphatic carbocycles. The summed E-state index contributed by atoms with van der Waals surface area (Å²) in [5.41, 5.74) is 0.720. The van der Waals surface area contributed by atoms with Crippen LogP contribution in [0.3, 0.4) is 0 Å². The van der Waals surface area contributed by atoms with Gasteiger partial charge in [-0.05, 0) is 17.7 Å². The molecule has 0 unspecified atom stereocenters. The maximum Gasteiger partial charge on any atom is 0.238 e. The Kier molecular flexibility index (Phi) is 4.36. The van der Waals surface area contributed by atoms with Crippen molar-refractivity contribution in [3.05, 3.63) is 29.8 Å². The van der Waals surface area contributed by atoms with Crippen LogP contribution in [0.2, 0.25) is 0 Å². The Labute approximate surface area is 99.1 Å². The van der Waals surface area contributed by atoms with Gasteiger partial charge in [-0.15, -0.1) is 0 Å². The number of rotatable bonds is 5. The van der Waals surface area contributed by atoms with Gasteiger partial charge < -0.3 is 4.84 Å². The van der Waals surface area contributed by atoms with Gasteiger partial charge in [0.15, 0.2) is 5.78 Å². The van der Waals surface area contributed by atoms with E-state index in [2.05, 4.69) is 5.16 Å². The zero-order valence-electron chi connectivity index (χ0n) is 9.16. The van der Waals surface area contributed by atoms with E-state index in [-0.39, 0.29) is 17.3 Å². The molecule has 17 heavy (non-hydrogen) atoms. The number of nitrogens with two attached hydrogens (primary N) is 1. The van der Waals surface area contributed by atoms with Crippen LogP contribution >= 0.6 is 0 Å². The molecule has 7 heteroatoms. The van der Waals surface area contributed by atoms with Crippen LogP contribution < -0.4 is 5.14 Å². The lowest BCUT2D eigenvalue weighted by molar-refractivity contribution is -0.110. The Morgan fingerprint density at radius 1 is 1.41 bits per heavy atom. The Morgan fingerprint density at radius 3 is 2.47 bits per heavy atom. The van der Waals surface area contributed by atoms with Crippen molar-refractivity contribution in [1.82, 2.24) is 0 Å². The molecule has 0 aliphatic heterocycles. The number of oxime groups is 1. The highest BCUT2D eigenvalue weighted by Gasteiger charge is 2.06. The second kappa shape index (κ2) is 5.55. The normalized spacial score (nSPS) is 11.6. The second-order valence-corrected chi connectivity index (χ2v) is 4.87. The number of sulfonamides is 1. The summed E-state index contributed by atoms with van der Waals surface area (Å²) in [6.07, 6.45) is 1.05. The number of carbonyl (C=O) groups is 1. The van der Waals surface area contributed by atoms with Crippen LogP contribution in [-0.4, -0.2) is 20.4 Å². The molecule has 92 valence electrons. The number of hydrogen-bond acceptors (Lipinski definition) is 5. The van der Waals surface area contributed by atoms with Gasteiger partial charge in [0.1, 0.15) is 12.8 Å². The molecule has 0 heterocycles. The molecule has 0 saturated heterocycles.